The minimum atomic E-state index is -0.251. The van der Waals surface area contributed by atoms with Gasteiger partial charge in [-0.15, -0.1) is 12.6 Å². The maximum absolute atomic E-state index is 12.7. The van der Waals surface area contributed by atoms with Crippen LogP contribution in [-0.2, 0) is 24.1 Å². The van der Waals surface area contributed by atoms with Gasteiger partial charge in [-0.1, -0.05) is 57.0 Å². The summed E-state index contributed by atoms with van der Waals surface area (Å²) in [5.41, 5.74) is 5.16. The number of carbonyl (C=O) groups is 1. The van der Waals surface area contributed by atoms with Gasteiger partial charge in [0.15, 0.2) is 0 Å². The van der Waals surface area contributed by atoms with Crippen LogP contribution in [0.3, 0.4) is 0 Å². The number of thiol groups is 1. The van der Waals surface area contributed by atoms with Gasteiger partial charge in [0.1, 0.15) is 0 Å². The van der Waals surface area contributed by atoms with Crippen LogP contribution in [0.25, 0.3) is 0 Å². The van der Waals surface area contributed by atoms with Crippen molar-refractivity contribution in [3.63, 3.8) is 0 Å². The molecule has 2 atom stereocenters. The second-order valence-electron chi connectivity index (χ2n) is 8.31. The summed E-state index contributed by atoms with van der Waals surface area (Å²) >= 11 is 5.70. The third-order valence-electron chi connectivity index (χ3n) is 5.49. The Labute approximate surface area is 181 Å². The highest BCUT2D eigenvalue weighted by Gasteiger charge is 2.24. The molecule has 1 aromatic carbocycles. The van der Waals surface area contributed by atoms with Crippen molar-refractivity contribution < 1.29 is 4.79 Å². The maximum atomic E-state index is 12.7. The molecule has 0 fully saturated rings. The van der Waals surface area contributed by atoms with Gasteiger partial charge < -0.3 is 5.32 Å². The number of rotatable bonds is 10. The number of benzene rings is 1. The van der Waals surface area contributed by atoms with Crippen molar-refractivity contribution in [2.24, 2.45) is 11.8 Å². The number of nitrogens with one attached hydrogen (secondary N) is 1. The molecule has 0 heterocycles. The van der Waals surface area contributed by atoms with Crippen LogP contribution in [0.15, 0.2) is 42.0 Å². The molecule has 0 spiro atoms. The number of allylic oxidation sites excluding steroid dienone is 2. The van der Waals surface area contributed by atoms with Crippen LogP contribution < -0.4 is 5.32 Å². The first-order valence-corrected chi connectivity index (χ1v) is 12.0. The van der Waals surface area contributed by atoms with Crippen molar-refractivity contribution in [3.05, 3.63) is 58.6 Å². The van der Waals surface area contributed by atoms with E-state index in [-0.39, 0.29) is 17.1 Å². The highest BCUT2D eigenvalue weighted by Crippen LogP contribution is 2.28. The summed E-state index contributed by atoms with van der Waals surface area (Å²) in [7, 11) is 0. The van der Waals surface area contributed by atoms with Crippen molar-refractivity contribution in [2.75, 3.05) is 6.26 Å². The van der Waals surface area contributed by atoms with E-state index in [1.54, 1.807) is 0 Å². The van der Waals surface area contributed by atoms with Crippen LogP contribution in [0.1, 0.15) is 56.2 Å². The van der Waals surface area contributed by atoms with Crippen molar-refractivity contribution in [1.82, 2.24) is 5.32 Å². The third-order valence-corrected chi connectivity index (χ3v) is 6.36. The molecule has 0 amide bonds. The average Bonchev–Trinajstić information content (AvgIpc) is 2.65. The summed E-state index contributed by atoms with van der Waals surface area (Å²) in [5.74, 6) is 0.791. The van der Waals surface area contributed by atoms with E-state index in [9.17, 15) is 4.79 Å². The second-order valence-corrected chi connectivity index (χ2v) is 9.75. The van der Waals surface area contributed by atoms with Gasteiger partial charge in [-0.2, -0.15) is 0 Å². The fourth-order valence-electron chi connectivity index (χ4n) is 4.15. The van der Waals surface area contributed by atoms with Gasteiger partial charge >= 0.3 is 0 Å². The second kappa shape index (κ2) is 11.2. The molecule has 0 radical (unpaired) electrons. The molecule has 154 valence electrons. The Kier molecular flexibility index (Phi) is 9.23. The molecule has 0 saturated heterocycles. The van der Waals surface area contributed by atoms with E-state index in [1.165, 1.54) is 41.3 Å². The fraction of sp³-hybridized carbons (Fsp3) is 0.542. The molecule has 2 rings (SSSR count). The Morgan fingerprint density at radius 3 is 2.61 bits per heavy atom. The minimum Gasteiger partial charge on any atom is -0.378 e. The lowest BCUT2D eigenvalue weighted by Crippen LogP contribution is -2.38. The zero-order chi connectivity index (χ0) is 20.7. The molecule has 1 aliphatic rings. The minimum absolute atomic E-state index is 0.169. The Balaban J connectivity index is 2.18. The predicted molar refractivity (Wildman–Crippen MR) is 127 cm³/mol. The Bertz CT molecular complexity index is 711. The SMILES string of the molecule is C=C(S)C[C@@H](CC(C)C)C(=C)N[C@@H](Cc1cccc2c1CCCC2)C(=O)SC. The van der Waals surface area contributed by atoms with E-state index in [0.717, 1.165) is 42.7 Å². The average molecular weight is 418 g/mol. The van der Waals surface area contributed by atoms with Gasteiger partial charge in [-0.05, 0) is 72.3 Å². The molecule has 1 aromatic rings. The number of thioether (sulfide) groups is 1. The van der Waals surface area contributed by atoms with E-state index >= 15 is 0 Å². The van der Waals surface area contributed by atoms with E-state index < -0.39 is 0 Å². The van der Waals surface area contributed by atoms with Crippen LogP contribution in [0.2, 0.25) is 0 Å². The molecule has 0 aromatic heterocycles. The molecule has 1 N–H and O–H groups in total. The fourth-order valence-corrected chi connectivity index (χ4v) is 4.80. The van der Waals surface area contributed by atoms with Crippen molar-refractivity contribution in [1.29, 1.82) is 0 Å². The first kappa shape index (κ1) is 23.2. The smallest absolute Gasteiger partial charge is 0.211 e. The summed E-state index contributed by atoms with van der Waals surface area (Å²) in [5, 5.41) is 3.66. The molecular formula is C24H35NOS2. The van der Waals surface area contributed by atoms with E-state index in [2.05, 4.69) is 63.2 Å². The summed E-state index contributed by atoms with van der Waals surface area (Å²) in [6.07, 6.45) is 9.17. The maximum Gasteiger partial charge on any atom is 0.211 e. The van der Waals surface area contributed by atoms with Crippen LogP contribution in [-0.4, -0.2) is 17.4 Å². The highest BCUT2D eigenvalue weighted by molar-refractivity contribution is 8.13. The molecule has 0 unspecified atom stereocenters. The monoisotopic (exact) mass is 417 g/mol. The van der Waals surface area contributed by atoms with Crippen LogP contribution in [0, 0.1) is 11.8 Å². The number of hydrogen-bond donors (Lipinski definition) is 2. The van der Waals surface area contributed by atoms with Gasteiger partial charge in [0.25, 0.3) is 0 Å². The normalized spacial score (nSPS) is 15.6. The lowest BCUT2D eigenvalue weighted by atomic mass is 9.86. The van der Waals surface area contributed by atoms with Gasteiger partial charge in [-0.25, -0.2) is 0 Å². The van der Waals surface area contributed by atoms with Crippen molar-refractivity contribution in [2.45, 2.75) is 64.8 Å². The number of fused-ring (bicyclic) bond motifs is 1. The molecule has 4 heteroatoms. The standard InChI is InChI=1S/C24H35NOS2/c1-16(2)13-21(14-17(3)27)18(4)25-23(24(26)28-5)15-20-11-8-10-19-9-6-7-12-22(19)20/h8,10-11,16,21,23,25,27H,3-4,6-7,9,12-15H2,1-2,5H3/t21-,23+/m1/s1. The lowest BCUT2D eigenvalue weighted by Gasteiger charge is -2.28. The van der Waals surface area contributed by atoms with Gasteiger partial charge in [0, 0.05) is 18.0 Å². The summed E-state index contributed by atoms with van der Waals surface area (Å²) in [6.45, 7) is 12.7. The summed E-state index contributed by atoms with van der Waals surface area (Å²) in [6, 6.07) is 6.32. The number of carbonyl (C=O) groups excluding carboxylic acids is 1. The third kappa shape index (κ3) is 6.73. The largest absolute Gasteiger partial charge is 0.378 e. The molecule has 0 bridgehead atoms. The molecule has 0 saturated carbocycles. The molecule has 1 aliphatic carbocycles. The Hall–Kier alpha value is -1.13. The zero-order valence-corrected chi connectivity index (χ0v) is 19.3. The van der Waals surface area contributed by atoms with E-state index in [4.69, 9.17) is 0 Å². The molecular weight excluding hydrogens is 382 g/mol. The van der Waals surface area contributed by atoms with Crippen molar-refractivity contribution >= 4 is 29.5 Å². The van der Waals surface area contributed by atoms with Crippen LogP contribution in [0.4, 0.5) is 0 Å². The van der Waals surface area contributed by atoms with Crippen LogP contribution in [0.5, 0.6) is 0 Å². The quantitative estimate of drug-likeness (QED) is 0.460. The Morgan fingerprint density at radius 2 is 1.96 bits per heavy atom. The summed E-state index contributed by atoms with van der Waals surface area (Å²) in [4.78, 5) is 13.6. The summed E-state index contributed by atoms with van der Waals surface area (Å²) < 4.78 is 0. The van der Waals surface area contributed by atoms with Gasteiger partial charge in [0.05, 0.1) is 6.04 Å². The first-order chi connectivity index (χ1) is 13.3. The van der Waals surface area contributed by atoms with Crippen molar-refractivity contribution in [3.8, 4) is 0 Å². The van der Waals surface area contributed by atoms with E-state index in [0.29, 0.717) is 5.92 Å². The first-order valence-electron chi connectivity index (χ1n) is 10.3. The highest BCUT2D eigenvalue weighted by atomic mass is 32.2. The molecule has 28 heavy (non-hydrogen) atoms. The predicted octanol–water partition coefficient (Wildman–Crippen LogP) is 5.97. The zero-order valence-electron chi connectivity index (χ0n) is 17.6. The Morgan fingerprint density at radius 1 is 1.25 bits per heavy atom. The van der Waals surface area contributed by atoms with E-state index in [1.807, 2.05) is 6.26 Å². The number of hydrogen-bond acceptors (Lipinski definition) is 4. The molecule has 0 aliphatic heterocycles. The van der Waals surface area contributed by atoms with Gasteiger partial charge in [0.2, 0.25) is 5.12 Å². The topological polar surface area (TPSA) is 29.1 Å². The molecule has 2 nitrogen and oxygen atoms in total. The van der Waals surface area contributed by atoms with Gasteiger partial charge in [-0.3, -0.25) is 4.79 Å². The number of aryl methyl sites for hydroxylation is 1. The lowest BCUT2D eigenvalue weighted by molar-refractivity contribution is -0.112. The van der Waals surface area contributed by atoms with Crippen LogP contribution >= 0.6 is 24.4 Å².